The molecule has 6 nitrogen and oxygen atoms in total. The van der Waals surface area contributed by atoms with Gasteiger partial charge in [0.05, 0.1) is 16.7 Å². The van der Waals surface area contributed by atoms with Gasteiger partial charge in [0.15, 0.2) is 11.5 Å². The van der Waals surface area contributed by atoms with Crippen LogP contribution in [0.1, 0.15) is 29.9 Å². The predicted octanol–water partition coefficient (Wildman–Crippen LogP) is 5.21. The largest absolute Gasteiger partial charge is 0.436 e. The first-order chi connectivity index (χ1) is 14.0. The highest BCUT2D eigenvalue weighted by molar-refractivity contribution is 9.10. The maximum absolute atomic E-state index is 13.3. The van der Waals surface area contributed by atoms with E-state index in [1.165, 1.54) is 36.9 Å². The van der Waals surface area contributed by atoms with Crippen molar-refractivity contribution in [3.05, 3.63) is 62.7 Å². The summed E-state index contributed by atoms with van der Waals surface area (Å²) in [6, 6.07) is 4.84. The summed E-state index contributed by atoms with van der Waals surface area (Å²) in [6.45, 7) is 3.03. The number of alkyl halides is 3. The summed E-state index contributed by atoms with van der Waals surface area (Å²) >= 11 is 8.98. The molecular weight excluding hydrogens is 494 g/mol. The Bertz CT molecular complexity index is 1090. The van der Waals surface area contributed by atoms with E-state index in [0.29, 0.717) is 5.56 Å². The molecule has 0 aliphatic rings. The molecule has 1 amide bonds. The van der Waals surface area contributed by atoms with Crippen LogP contribution >= 0.6 is 27.5 Å². The third kappa shape index (κ3) is 4.67. The molecule has 0 aliphatic heterocycles. The van der Waals surface area contributed by atoms with Gasteiger partial charge in [-0.2, -0.15) is 23.4 Å². The first-order valence-electron chi connectivity index (χ1n) is 8.57. The van der Waals surface area contributed by atoms with Crippen molar-refractivity contribution in [2.45, 2.75) is 32.6 Å². The van der Waals surface area contributed by atoms with Gasteiger partial charge < -0.3 is 5.32 Å². The minimum absolute atomic E-state index is 0.0323. The molecule has 3 rings (SSSR count). The second-order valence-electron chi connectivity index (χ2n) is 6.51. The average Bonchev–Trinajstić information content (AvgIpc) is 3.14. The Hall–Kier alpha value is -2.40. The van der Waals surface area contributed by atoms with Crippen molar-refractivity contribution < 1.29 is 22.4 Å². The molecule has 0 radical (unpaired) electrons. The molecule has 0 bridgehead atoms. The highest BCUT2D eigenvalue weighted by atomic mass is 79.9. The van der Waals surface area contributed by atoms with Crippen LogP contribution in [-0.2, 0) is 17.5 Å². The first-order valence-corrected chi connectivity index (χ1v) is 9.74. The number of rotatable bonds is 5. The van der Waals surface area contributed by atoms with E-state index in [1.54, 1.807) is 12.1 Å². The normalized spacial score (nSPS) is 12.8. The number of hydrogen-bond donors (Lipinski definition) is 1. The molecule has 2 aromatic heterocycles. The van der Waals surface area contributed by atoms with Crippen molar-refractivity contribution in [1.29, 1.82) is 0 Å². The maximum atomic E-state index is 13.3. The number of benzene rings is 1. The SMILES string of the molecule is Cc1c(Br)c(C(F)(F)F)nn1C(C)C(=O)Nc1nn(Cc2cccc(F)c2)cc1Cl. The molecule has 0 fully saturated rings. The van der Waals surface area contributed by atoms with Gasteiger partial charge in [-0.3, -0.25) is 14.2 Å². The number of halogens is 6. The predicted molar refractivity (Wildman–Crippen MR) is 106 cm³/mol. The number of anilines is 1. The van der Waals surface area contributed by atoms with E-state index in [2.05, 4.69) is 31.4 Å². The van der Waals surface area contributed by atoms with Crippen LogP contribution in [0.5, 0.6) is 0 Å². The summed E-state index contributed by atoms with van der Waals surface area (Å²) in [5.41, 5.74) is -0.332. The zero-order valence-electron chi connectivity index (χ0n) is 15.6. The Morgan fingerprint density at radius 2 is 2.03 bits per heavy atom. The topological polar surface area (TPSA) is 64.7 Å². The minimum atomic E-state index is -4.66. The van der Waals surface area contributed by atoms with Gasteiger partial charge in [0.1, 0.15) is 16.9 Å². The lowest BCUT2D eigenvalue weighted by Crippen LogP contribution is -2.26. The standard InChI is InChI=1S/C18H15BrClF4N5O/c1-9-14(19)15(18(22,23)24)26-29(9)10(2)17(30)25-16-13(20)8-28(27-16)7-11-4-3-5-12(21)6-11/h3-6,8,10H,7H2,1-2H3,(H,25,27,30). The van der Waals surface area contributed by atoms with Crippen LogP contribution in [0.3, 0.4) is 0 Å². The summed E-state index contributed by atoms with van der Waals surface area (Å²) in [4.78, 5) is 12.6. The molecule has 3 aromatic rings. The Labute approximate surface area is 181 Å². The third-order valence-corrected chi connectivity index (χ3v) is 5.51. The zero-order valence-corrected chi connectivity index (χ0v) is 18.0. The van der Waals surface area contributed by atoms with E-state index in [1.807, 2.05) is 0 Å². The molecule has 30 heavy (non-hydrogen) atoms. The average molecular weight is 509 g/mol. The molecule has 1 aromatic carbocycles. The van der Waals surface area contributed by atoms with Crippen LogP contribution < -0.4 is 5.32 Å². The summed E-state index contributed by atoms with van der Waals surface area (Å²) in [7, 11) is 0. The van der Waals surface area contributed by atoms with Gasteiger partial charge in [0, 0.05) is 6.20 Å². The summed E-state index contributed by atoms with van der Waals surface area (Å²) in [6.07, 6.45) is -3.21. The van der Waals surface area contributed by atoms with Crippen LogP contribution in [0.2, 0.25) is 5.02 Å². The number of aromatic nitrogens is 4. The Morgan fingerprint density at radius 1 is 1.33 bits per heavy atom. The Balaban J connectivity index is 1.77. The fourth-order valence-electron chi connectivity index (χ4n) is 2.77. The molecule has 0 saturated heterocycles. The van der Waals surface area contributed by atoms with E-state index >= 15 is 0 Å². The number of amides is 1. The van der Waals surface area contributed by atoms with E-state index in [9.17, 15) is 22.4 Å². The third-order valence-electron chi connectivity index (χ3n) is 4.28. The van der Waals surface area contributed by atoms with Gasteiger partial charge in [-0.25, -0.2) is 4.39 Å². The lowest BCUT2D eigenvalue weighted by Gasteiger charge is -2.13. The molecule has 2 heterocycles. The van der Waals surface area contributed by atoms with Crippen molar-refractivity contribution >= 4 is 39.3 Å². The van der Waals surface area contributed by atoms with Crippen molar-refractivity contribution in [3.63, 3.8) is 0 Å². The second kappa shape index (κ2) is 8.38. The van der Waals surface area contributed by atoms with Gasteiger partial charge in [0.2, 0.25) is 5.91 Å². The number of hydrogen-bond acceptors (Lipinski definition) is 3. The number of carbonyl (C=O) groups excluding carboxylic acids is 1. The van der Waals surface area contributed by atoms with Gasteiger partial charge in [-0.15, -0.1) is 0 Å². The summed E-state index contributed by atoms with van der Waals surface area (Å²) in [5.74, 6) is -1.02. The Morgan fingerprint density at radius 3 is 2.63 bits per heavy atom. The summed E-state index contributed by atoms with van der Waals surface area (Å²) < 4.78 is 54.6. The molecule has 12 heteroatoms. The smallest absolute Gasteiger partial charge is 0.306 e. The van der Waals surface area contributed by atoms with Gasteiger partial charge >= 0.3 is 6.18 Å². The van der Waals surface area contributed by atoms with Crippen LogP contribution in [0, 0.1) is 12.7 Å². The fourth-order valence-corrected chi connectivity index (χ4v) is 3.46. The van der Waals surface area contributed by atoms with Gasteiger partial charge in [0.25, 0.3) is 0 Å². The highest BCUT2D eigenvalue weighted by Crippen LogP contribution is 2.36. The fraction of sp³-hybridized carbons (Fsp3) is 0.278. The molecule has 0 aliphatic carbocycles. The number of nitrogens with zero attached hydrogens (tertiary/aromatic N) is 4. The molecular formula is C18H15BrClF4N5O. The zero-order chi connectivity index (χ0) is 22.2. The molecule has 0 spiro atoms. The molecule has 1 atom stereocenters. The van der Waals surface area contributed by atoms with Crippen LogP contribution in [0.15, 0.2) is 34.9 Å². The second-order valence-corrected chi connectivity index (χ2v) is 7.71. The highest BCUT2D eigenvalue weighted by Gasteiger charge is 2.39. The van der Waals surface area contributed by atoms with E-state index in [-0.39, 0.29) is 27.6 Å². The molecule has 1 N–H and O–H groups in total. The van der Waals surface area contributed by atoms with Crippen molar-refractivity contribution in [2.24, 2.45) is 0 Å². The number of nitrogens with one attached hydrogen (secondary N) is 1. The van der Waals surface area contributed by atoms with Crippen LogP contribution in [0.4, 0.5) is 23.4 Å². The van der Waals surface area contributed by atoms with Crippen molar-refractivity contribution in [1.82, 2.24) is 19.6 Å². The summed E-state index contributed by atoms with van der Waals surface area (Å²) in [5, 5.41) is 10.3. The first kappa shape index (κ1) is 22.3. The molecule has 1 unspecified atom stereocenters. The monoisotopic (exact) mass is 507 g/mol. The lowest BCUT2D eigenvalue weighted by atomic mass is 10.2. The number of carbonyl (C=O) groups is 1. The Kier molecular flexibility index (Phi) is 6.23. The van der Waals surface area contributed by atoms with E-state index in [0.717, 1.165) is 4.68 Å². The van der Waals surface area contributed by atoms with Crippen molar-refractivity contribution in [2.75, 3.05) is 5.32 Å². The van der Waals surface area contributed by atoms with Gasteiger partial charge in [-0.1, -0.05) is 23.7 Å². The maximum Gasteiger partial charge on any atom is 0.436 e. The van der Waals surface area contributed by atoms with Crippen LogP contribution in [-0.4, -0.2) is 25.5 Å². The van der Waals surface area contributed by atoms with Crippen molar-refractivity contribution in [3.8, 4) is 0 Å². The van der Waals surface area contributed by atoms with E-state index < -0.39 is 29.6 Å². The van der Waals surface area contributed by atoms with Crippen LogP contribution in [0.25, 0.3) is 0 Å². The van der Waals surface area contributed by atoms with E-state index in [4.69, 9.17) is 11.6 Å². The molecule has 160 valence electrons. The molecule has 0 saturated carbocycles. The minimum Gasteiger partial charge on any atom is -0.306 e. The lowest BCUT2D eigenvalue weighted by molar-refractivity contribution is -0.142. The quantitative estimate of drug-likeness (QED) is 0.481. The van der Waals surface area contributed by atoms with Gasteiger partial charge in [-0.05, 0) is 47.5 Å².